The molecule has 0 aliphatic heterocycles. The minimum absolute atomic E-state index is 0.933. The first-order valence-corrected chi connectivity index (χ1v) is 6.27. The van der Waals surface area contributed by atoms with E-state index in [-0.39, 0.29) is 0 Å². The zero-order valence-electron chi connectivity index (χ0n) is 11.4. The summed E-state index contributed by atoms with van der Waals surface area (Å²) in [5.74, 6) is 0.933. The zero-order valence-corrected chi connectivity index (χ0v) is 11.4. The molecule has 0 unspecified atom stereocenters. The molecule has 0 aliphatic rings. The molecule has 18 heavy (non-hydrogen) atoms. The maximum absolute atomic E-state index is 5.34. The van der Waals surface area contributed by atoms with Gasteiger partial charge < -0.3 is 4.74 Å². The summed E-state index contributed by atoms with van der Waals surface area (Å²) in [6.45, 7) is 6.28. The van der Waals surface area contributed by atoms with Gasteiger partial charge in [0.05, 0.1) is 12.8 Å². The fourth-order valence-electron chi connectivity index (χ4n) is 2.11. The van der Waals surface area contributed by atoms with E-state index in [1.165, 1.54) is 11.1 Å². The van der Waals surface area contributed by atoms with E-state index in [2.05, 4.69) is 56.1 Å². The average Bonchev–Trinajstić information content (AvgIpc) is 2.41. The molecule has 2 rings (SSSR count). The second-order valence-corrected chi connectivity index (χ2v) is 4.50. The van der Waals surface area contributed by atoms with Crippen LogP contribution in [0.3, 0.4) is 0 Å². The van der Waals surface area contributed by atoms with Gasteiger partial charge in [-0.05, 0) is 55.7 Å². The molecule has 1 heterocycles. The number of nitrogens with zero attached hydrogens (tertiary/aromatic N) is 1. The van der Waals surface area contributed by atoms with Gasteiger partial charge >= 0.3 is 0 Å². The van der Waals surface area contributed by atoms with E-state index in [4.69, 9.17) is 4.74 Å². The molecule has 0 aliphatic carbocycles. The molecular formula is C16H19NO. The van der Waals surface area contributed by atoms with Crippen LogP contribution in [0.1, 0.15) is 23.7 Å². The topological polar surface area (TPSA) is 22.1 Å². The minimum atomic E-state index is 0.933. The lowest BCUT2D eigenvalue weighted by Gasteiger charge is -2.11. The van der Waals surface area contributed by atoms with Crippen LogP contribution >= 0.6 is 0 Å². The van der Waals surface area contributed by atoms with Crippen LogP contribution in [0.5, 0.6) is 5.75 Å². The van der Waals surface area contributed by atoms with Gasteiger partial charge in [0.2, 0.25) is 0 Å². The van der Waals surface area contributed by atoms with Crippen molar-refractivity contribution in [2.24, 2.45) is 0 Å². The number of pyridine rings is 1. The highest BCUT2D eigenvalue weighted by Crippen LogP contribution is 2.29. The molecule has 0 spiro atoms. The van der Waals surface area contributed by atoms with Crippen LogP contribution < -0.4 is 4.74 Å². The smallest absolute Gasteiger partial charge is 0.122 e. The normalized spacial score (nSPS) is 10.4. The Morgan fingerprint density at radius 3 is 2.56 bits per heavy atom. The zero-order chi connectivity index (χ0) is 13.1. The maximum Gasteiger partial charge on any atom is 0.122 e. The summed E-state index contributed by atoms with van der Waals surface area (Å²) >= 11 is 0. The van der Waals surface area contributed by atoms with E-state index in [0.29, 0.717) is 0 Å². The van der Waals surface area contributed by atoms with Gasteiger partial charge in [0.25, 0.3) is 0 Å². The maximum atomic E-state index is 5.34. The quantitative estimate of drug-likeness (QED) is 0.812. The SMILES string of the molecule is CCc1cccc(-c2cc(C)c(OC)cc2C)n1. The van der Waals surface area contributed by atoms with Gasteiger partial charge in [-0.1, -0.05) is 13.0 Å². The van der Waals surface area contributed by atoms with Crippen molar-refractivity contribution in [3.8, 4) is 17.0 Å². The Morgan fingerprint density at radius 2 is 1.89 bits per heavy atom. The van der Waals surface area contributed by atoms with Gasteiger partial charge in [0.15, 0.2) is 0 Å². The van der Waals surface area contributed by atoms with Crippen molar-refractivity contribution in [1.82, 2.24) is 4.98 Å². The Hall–Kier alpha value is -1.83. The molecule has 0 saturated heterocycles. The Morgan fingerprint density at radius 1 is 1.11 bits per heavy atom. The van der Waals surface area contributed by atoms with Gasteiger partial charge in [-0.2, -0.15) is 0 Å². The van der Waals surface area contributed by atoms with Crippen molar-refractivity contribution >= 4 is 0 Å². The third-order valence-electron chi connectivity index (χ3n) is 3.19. The summed E-state index contributed by atoms with van der Waals surface area (Å²) in [7, 11) is 1.71. The summed E-state index contributed by atoms with van der Waals surface area (Å²) in [4.78, 5) is 4.68. The lowest BCUT2D eigenvalue weighted by atomic mass is 10.0. The summed E-state index contributed by atoms with van der Waals surface area (Å²) in [6.07, 6.45) is 0.960. The van der Waals surface area contributed by atoms with Gasteiger partial charge in [0.1, 0.15) is 5.75 Å². The number of aryl methyl sites for hydroxylation is 3. The van der Waals surface area contributed by atoms with Crippen molar-refractivity contribution in [3.05, 3.63) is 47.2 Å². The second-order valence-electron chi connectivity index (χ2n) is 4.50. The first-order valence-electron chi connectivity index (χ1n) is 6.27. The molecule has 94 valence electrons. The van der Waals surface area contributed by atoms with E-state index in [1.54, 1.807) is 7.11 Å². The number of methoxy groups -OCH3 is 1. The van der Waals surface area contributed by atoms with Crippen LogP contribution in [0.15, 0.2) is 30.3 Å². The van der Waals surface area contributed by atoms with Gasteiger partial charge in [0, 0.05) is 11.3 Å². The van der Waals surface area contributed by atoms with E-state index in [9.17, 15) is 0 Å². The van der Waals surface area contributed by atoms with Crippen molar-refractivity contribution in [1.29, 1.82) is 0 Å². The van der Waals surface area contributed by atoms with Gasteiger partial charge in [-0.25, -0.2) is 0 Å². The van der Waals surface area contributed by atoms with Crippen LogP contribution in [-0.4, -0.2) is 12.1 Å². The lowest BCUT2D eigenvalue weighted by Crippen LogP contribution is -1.94. The molecule has 2 nitrogen and oxygen atoms in total. The molecule has 0 bridgehead atoms. The van der Waals surface area contributed by atoms with Gasteiger partial charge in [-0.3, -0.25) is 4.98 Å². The fourth-order valence-corrected chi connectivity index (χ4v) is 2.11. The summed E-state index contributed by atoms with van der Waals surface area (Å²) in [5, 5.41) is 0. The molecular weight excluding hydrogens is 222 g/mol. The highest BCUT2D eigenvalue weighted by molar-refractivity contribution is 5.66. The number of ether oxygens (including phenoxy) is 1. The number of rotatable bonds is 3. The summed E-state index contributed by atoms with van der Waals surface area (Å²) < 4.78 is 5.34. The first-order chi connectivity index (χ1) is 8.65. The number of benzene rings is 1. The highest BCUT2D eigenvalue weighted by Gasteiger charge is 2.08. The van der Waals surface area contributed by atoms with Crippen molar-refractivity contribution in [2.45, 2.75) is 27.2 Å². The largest absolute Gasteiger partial charge is 0.496 e. The van der Waals surface area contributed by atoms with Crippen molar-refractivity contribution < 1.29 is 4.74 Å². The van der Waals surface area contributed by atoms with E-state index < -0.39 is 0 Å². The Labute approximate surface area is 109 Å². The van der Waals surface area contributed by atoms with Crippen molar-refractivity contribution in [3.63, 3.8) is 0 Å². The first kappa shape index (κ1) is 12.6. The predicted octanol–water partition coefficient (Wildman–Crippen LogP) is 3.94. The standard InChI is InChI=1S/C16H19NO/c1-5-13-7-6-8-15(17-13)14-9-12(3)16(18-4)10-11(14)2/h6-10H,5H2,1-4H3. The Kier molecular flexibility index (Phi) is 3.66. The van der Waals surface area contributed by atoms with Crippen LogP contribution in [-0.2, 0) is 6.42 Å². The lowest BCUT2D eigenvalue weighted by molar-refractivity contribution is 0.411. The van der Waals surface area contributed by atoms with E-state index in [0.717, 1.165) is 29.1 Å². The Bertz CT molecular complexity index is 561. The molecule has 1 aromatic heterocycles. The predicted molar refractivity (Wildman–Crippen MR) is 75.1 cm³/mol. The monoisotopic (exact) mass is 241 g/mol. The molecule has 1 aromatic carbocycles. The van der Waals surface area contributed by atoms with Crippen LogP contribution in [0.4, 0.5) is 0 Å². The Balaban J connectivity index is 2.53. The van der Waals surface area contributed by atoms with Crippen molar-refractivity contribution in [2.75, 3.05) is 7.11 Å². The van der Waals surface area contributed by atoms with E-state index >= 15 is 0 Å². The number of hydrogen-bond acceptors (Lipinski definition) is 2. The fraction of sp³-hybridized carbons (Fsp3) is 0.312. The van der Waals surface area contributed by atoms with Gasteiger partial charge in [-0.15, -0.1) is 0 Å². The molecule has 2 aromatic rings. The minimum Gasteiger partial charge on any atom is -0.496 e. The number of hydrogen-bond donors (Lipinski definition) is 0. The molecule has 0 fully saturated rings. The summed E-state index contributed by atoms with van der Waals surface area (Å²) in [5.41, 5.74) is 5.68. The molecule has 0 N–H and O–H groups in total. The second kappa shape index (κ2) is 5.21. The third kappa shape index (κ3) is 2.37. The summed E-state index contributed by atoms with van der Waals surface area (Å²) in [6, 6.07) is 10.4. The van der Waals surface area contributed by atoms with Crippen LogP contribution in [0, 0.1) is 13.8 Å². The van der Waals surface area contributed by atoms with Crippen LogP contribution in [0.25, 0.3) is 11.3 Å². The molecule has 0 saturated carbocycles. The molecule has 2 heteroatoms. The molecule has 0 radical (unpaired) electrons. The highest BCUT2D eigenvalue weighted by atomic mass is 16.5. The molecule has 0 atom stereocenters. The third-order valence-corrected chi connectivity index (χ3v) is 3.19. The van der Waals surface area contributed by atoms with Crippen LogP contribution in [0.2, 0.25) is 0 Å². The number of aromatic nitrogens is 1. The molecule has 0 amide bonds. The average molecular weight is 241 g/mol. The van der Waals surface area contributed by atoms with E-state index in [1.807, 2.05) is 0 Å².